The first kappa shape index (κ1) is 25.3. The second kappa shape index (κ2) is 9.34. The fraction of sp³-hybridized carbons (Fsp3) is 0.188. The summed E-state index contributed by atoms with van der Waals surface area (Å²) in [5, 5.41) is 0.752. The van der Waals surface area contributed by atoms with Crippen molar-refractivity contribution >= 4 is 45.8 Å². The summed E-state index contributed by atoms with van der Waals surface area (Å²) in [5.41, 5.74) is 4.92. The van der Waals surface area contributed by atoms with E-state index in [4.69, 9.17) is 0 Å². The molecular weight excluding hydrogens is 504 g/mol. The van der Waals surface area contributed by atoms with Crippen molar-refractivity contribution in [2.75, 3.05) is 38.0 Å². The molecule has 4 aromatic carbocycles. The van der Waals surface area contributed by atoms with E-state index in [0.717, 1.165) is 22.5 Å². The van der Waals surface area contributed by atoms with Gasteiger partial charge in [-0.3, -0.25) is 29.0 Å². The van der Waals surface area contributed by atoms with Crippen molar-refractivity contribution in [1.82, 2.24) is 9.80 Å². The van der Waals surface area contributed by atoms with Crippen molar-refractivity contribution in [2.24, 2.45) is 0 Å². The van der Waals surface area contributed by atoms with E-state index in [2.05, 4.69) is 0 Å². The molecule has 0 fully saturated rings. The van der Waals surface area contributed by atoms with Crippen molar-refractivity contribution in [1.29, 1.82) is 0 Å². The van der Waals surface area contributed by atoms with Crippen LogP contribution in [0.2, 0.25) is 0 Å². The fourth-order valence-electron chi connectivity index (χ4n) is 5.43. The molecule has 0 atom stereocenters. The number of hydrogen-bond donors (Lipinski definition) is 0. The summed E-state index contributed by atoms with van der Waals surface area (Å²) in [4.78, 5) is 60.7. The summed E-state index contributed by atoms with van der Waals surface area (Å²) in [7, 11) is 7.77. The van der Waals surface area contributed by atoms with E-state index in [1.54, 1.807) is 24.3 Å². The zero-order valence-electron chi connectivity index (χ0n) is 22.8. The fourth-order valence-corrected chi connectivity index (χ4v) is 5.43. The summed E-state index contributed by atoms with van der Waals surface area (Å²) in [6.07, 6.45) is 0. The standard InChI is InChI=1S/C32H28N4O4/c1-33(2)21-9-5-19(6-10-21)17-35-29(37)23-13-15-25-28-26(16-14-24(27(23)28)30(35)38)32(40)36(31(25)39)18-20-7-11-22(12-8-20)34(3)4/h5-16H,17-18H2,1-4H3. The molecule has 0 N–H and O–H groups in total. The molecule has 0 aliphatic carbocycles. The number of imide groups is 2. The highest BCUT2D eigenvalue weighted by Crippen LogP contribution is 2.38. The second-order valence-corrected chi connectivity index (χ2v) is 10.6. The molecule has 40 heavy (non-hydrogen) atoms. The van der Waals surface area contributed by atoms with Crippen LogP contribution >= 0.6 is 0 Å². The first-order valence-corrected chi connectivity index (χ1v) is 13.0. The number of benzene rings is 4. The lowest BCUT2D eigenvalue weighted by atomic mass is 9.85. The molecule has 200 valence electrons. The van der Waals surface area contributed by atoms with Gasteiger partial charge in [0, 0.05) is 72.6 Å². The van der Waals surface area contributed by atoms with Crippen molar-refractivity contribution in [3.63, 3.8) is 0 Å². The lowest BCUT2D eigenvalue weighted by Gasteiger charge is -2.32. The van der Waals surface area contributed by atoms with Crippen LogP contribution in [0.15, 0.2) is 72.8 Å². The zero-order chi connectivity index (χ0) is 28.3. The normalized spacial score (nSPS) is 14.3. The van der Waals surface area contributed by atoms with E-state index >= 15 is 0 Å². The van der Waals surface area contributed by atoms with Gasteiger partial charge < -0.3 is 9.80 Å². The summed E-state index contributed by atoms with van der Waals surface area (Å²) < 4.78 is 0. The van der Waals surface area contributed by atoms with Gasteiger partial charge in [-0.05, 0) is 59.7 Å². The quantitative estimate of drug-likeness (QED) is 0.339. The van der Waals surface area contributed by atoms with E-state index in [1.807, 2.05) is 86.5 Å². The molecule has 4 aromatic rings. The summed E-state index contributed by atoms with van der Waals surface area (Å²) in [6.45, 7) is 0.238. The Kier molecular flexibility index (Phi) is 5.91. The number of carbonyl (C=O) groups is 4. The van der Waals surface area contributed by atoms with Gasteiger partial charge in [-0.25, -0.2) is 0 Å². The van der Waals surface area contributed by atoms with Crippen LogP contribution in [0.3, 0.4) is 0 Å². The third kappa shape index (κ3) is 3.91. The van der Waals surface area contributed by atoms with Crippen LogP contribution in [-0.4, -0.2) is 61.6 Å². The Morgan fingerprint density at radius 2 is 0.725 bits per heavy atom. The van der Waals surface area contributed by atoms with Gasteiger partial charge in [0.15, 0.2) is 0 Å². The van der Waals surface area contributed by atoms with Crippen LogP contribution in [0.1, 0.15) is 52.6 Å². The van der Waals surface area contributed by atoms with Gasteiger partial charge in [0.2, 0.25) is 0 Å². The van der Waals surface area contributed by atoms with Crippen LogP contribution in [0, 0.1) is 0 Å². The molecule has 0 saturated heterocycles. The Morgan fingerprint density at radius 1 is 0.450 bits per heavy atom. The molecule has 4 amide bonds. The molecule has 6 rings (SSSR count). The average molecular weight is 533 g/mol. The van der Waals surface area contributed by atoms with Crippen molar-refractivity contribution < 1.29 is 19.2 Å². The smallest absolute Gasteiger partial charge is 0.261 e. The second-order valence-electron chi connectivity index (χ2n) is 10.6. The highest BCUT2D eigenvalue weighted by Gasteiger charge is 2.39. The molecule has 2 heterocycles. The Labute approximate surface area is 232 Å². The van der Waals surface area contributed by atoms with Gasteiger partial charge in [-0.2, -0.15) is 0 Å². The summed E-state index contributed by atoms with van der Waals surface area (Å²) in [6, 6.07) is 21.7. The van der Waals surface area contributed by atoms with Crippen LogP contribution in [0.25, 0.3) is 10.8 Å². The van der Waals surface area contributed by atoms with E-state index in [0.29, 0.717) is 33.0 Å². The van der Waals surface area contributed by atoms with Gasteiger partial charge in [0.25, 0.3) is 23.6 Å². The van der Waals surface area contributed by atoms with Gasteiger partial charge in [-0.1, -0.05) is 24.3 Å². The highest BCUT2D eigenvalue weighted by atomic mass is 16.2. The maximum Gasteiger partial charge on any atom is 0.261 e. The predicted molar refractivity (Wildman–Crippen MR) is 154 cm³/mol. The molecular formula is C32H28N4O4. The molecule has 0 unspecified atom stereocenters. The summed E-state index contributed by atoms with van der Waals surface area (Å²) in [5.74, 6) is -1.77. The van der Waals surface area contributed by atoms with Gasteiger partial charge in [0.1, 0.15) is 0 Å². The monoisotopic (exact) mass is 532 g/mol. The lowest BCUT2D eigenvalue weighted by molar-refractivity contribution is 0.0577. The van der Waals surface area contributed by atoms with Gasteiger partial charge in [-0.15, -0.1) is 0 Å². The SMILES string of the molecule is CN(C)c1ccc(CN2C(=O)c3ccc4c5c(ccc(c35)C2=O)C(=O)N(Cc2ccc(N(C)C)cc2)C4=O)cc1. The zero-order valence-corrected chi connectivity index (χ0v) is 22.8. The van der Waals surface area contributed by atoms with Gasteiger partial charge in [0.05, 0.1) is 13.1 Å². The van der Waals surface area contributed by atoms with Crippen LogP contribution in [0.4, 0.5) is 11.4 Å². The minimum absolute atomic E-state index is 0.119. The molecule has 2 aliphatic rings. The van der Waals surface area contributed by atoms with Crippen LogP contribution in [0.5, 0.6) is 0 Å². The third-order valence-corrected chi connectivity index (χ3v) is 7.65. The molecule has 0 bridgehead atoms. The number of rotatable bonds is 6. The molecule has 8 heteroatoms. The molecule has 0 aromatic heterocycles. The average Bonchev–Trinajstić information content (AvgIpc) is 2.95. The number of hydrogen-bond acceptors (Lipinski definition) is 6. The first-order valence-electron chi connectivity index (χ1n) is 13.0. The molecule has 0 spiro atoms. The largest absolute Gasteiger partial charge is 0.378 e. The Hall–Kier alpha value is -4.98. The van der Waals surface area contributed by atoms with E-state index in [-0.39, 0.29) is 13.1 Å². The minimum atomic E-state index is -0.443. The minimum Gasteiger partial charge on any atom is -0.378 e. The van der Waals surface area contributed by atoms with E-state index in [1.165, 1.54) is 9.80 Å². The van der Waals surface area contributed by atoms with E-state index < -0.39 is 23.6 Å². The number of amides is 4. The summed E-state index contributed by atoms with van der Waals surface area (Å²) >= 11 is 0. The molecule has 2 aliphatic heterocycles. The van der Waals surface area contributed by atoms with Crippen molar-refractivity contribution in [3.05, 3.63) is 106 Å². The van der Waals surface area contributed by atoms with Crippen LogP contribution in [-0.2, 0) is 13.1 Å². The molecule has 0 radical (unpaired) electrons. The number of nitrogens with zero attached hydrogens (tertiary/aromatic N) is 4. The lowest BCUT2D eigenvalue weighted by Crippen LogP contribution is -2.42. The maximum absolute atomic E-state index is 13.6. The maximum atomic E-state index is 13.6. The van der Waals surface area contributed by atoms with Crippen molar-refractivity contribution in [3.8, 4) is 0 Å². The van der Waals surface area contributed by atoms with Crippen LogP contribution < -0.4 is 9.80 Å². The van der Waals surface area contributed by atoms with Crippen molar-refractivity contribution in [2.45, 2.75) is 13.1 Å². The van der Waals surface area contributed by atoms with E-state index in [9.17, 15) is 19.2 Å². The predicted octanol–water partition coefficient (Wildman–Crippen LogP) is 4.56. The Bertz CT molecular complexity index is 1520. The first-order chi connectivity index (χ1) is 19.2. The Morgan fingerprint density at radius 3 is 0.975 bits per heavy atom. The number of anilines is 2. The highest BCUT2D eigenvalue weighted by molar-refractivity contribution is 6.33. The molecule has 8 nitrogen and oxygen atoms in total. The third-order valence-electron chi connectivity index (χ3n) is 7.65. The topological polar surface area (TPSA) is 81.2 Å². The van der Waals surface area contributed by atoms with Gasteiger partial charge >= 0.3 is 0 Å². The Balaban J connectivity index is 1.35. The molecule has 0 saturated carbocycles. The number of carbonyl (C=O) groups excluding carboxylic acids is 4.